The number of nitrogens with two attached hydrogens (primary N) is 1. The van der Waals surface area contributed by atoms with Crippen LogP contribution in [0.5, 0.6) is 0 Å². The van der Waals surface area contributed by atoms with Crippen LogP contribution < -0.4 is 5.14 Å². The summed E-state index contributed by atoms with van der Waals surface area (Å²) >= 11 is 0. The Kier molecular flexibility index (Phi) is 4.99. The average Bonchev–Trinajstić information content (AvgIpc) is 3.20. The van der Waals surface area contributed by atoms with Gasteiger partial charge in [-0.2, -0.15) is 18.3 Å². The van der Waals surface area contributed by atoms with Crippen LogP contribution >= 0.6 is 0 Å². The Morgan fingerprint density at radius 3 is 2.72 bits per heavy atom. The third-order valence-electron chi connectivity index (χ3n) is 5.77. The summed E-state index contributed by atoms with van der Waals surface area (Å²) in [6.45, 7) is 1.93. The fourth-order valence-corrected chi connectivity index (χ4v) is 4.82. The molecule has 2 aromatic rings. The Balaban J connectivity index is 1.64. The van der Waals surface area contributed by atoms with Crippen LogP contribution in [0.2, 0.25) is 0 Å². The maximum Gasteiger partial charge on any atom is 0.435 e. The van der Waals surface area contributed by atoms with E-state index in [1.54, 1.807) is 13.0 Å². The second-order valence-corrected chi connectivity index (χ2v) is 9.83. The summed E-state index contributed by atoms with van der Waals surface area (Å²) in [4.78, 5) is 0. The van der Waals surface area contributed by atoms with Crippen LogP contribution in [-0.4, -0.2) is 30.1 Å². The van der Waals surface area contributed by atoms with Crippen molar-refractivity contribution in [3.8, 4) is 5.69 Å². The highest BCUT2D eigenvalue weighted by Gasteiger charge is 2.40. The molecule has 1 unspecified atom stereocenters. The van der Waals surface area contributed by atoms with Gasteiger partial charge in [-0.1, -0.05) is 6.07 Å². The van der Waals surface area contributed by atoms with E-state index in [0.717, 1.165) is 17.5 Å². The highest BCUT2D eigenvalue weighted by atomic mass is 32.2. The molecular weight excluding hydrogens is 407 g/mol. The maximum atomic E-state index is 13.4. The molecule has 1 aromatic carbocycles. The quantitative estimate of drug-likeness (QED) is 0.810. The number of primary sulfonamides is 1. The third-order valence-corrected chi connectivity index (χ3v) is 7.09. The minimum absolute atomic E-state index is 0.0873. The van der Waals surface area contributed by atoms with Crippen molar-refractivity contribution in [2.75, 3.05) is 6.61 Å². The SMILES string of the molecule is CC(C[C@H]1Cc2ccc(-n3nc(C(F)(F)F)c4c3COCC4)cc2C1)S(N)(=O)=O. The topological polar surface area (TPSA) is 87.2 Å². The zero-order valence-electron chi connectivity index (χ0n) is 15.9. The van der Waals surface area contributed by atoms with Crippen molar-refractivity contribution in [3.05, 3.63) is 46.3 Å². The number of aromatic nitrogens is 2. The number of hydrogen-bond acceptors (Lipinski definition) is 4. The lowest BCUT2D eigenvalue weighted by molar-refractivity contribution is -0.142. The molecule has 1 aliphatic heterocycles. The second kappa shape index (κ2) is 7.10. The van der Waals surface area contributed by atoms with Crippen LogP contribution in [0.3, 0.4) is 0 Å². The minimum atomic E-state index is -4.52. The lowest BCUT2D eigenvalue weighted by atomic mass is 10.0. The van der Waals surface area contributed by atoms with Gasteiger partial charge in [0.1, 0.15) is 0 Å². The number of halogens is 3. The Labute approximate surface area is 166 Å². The minimum Gasteiger partial charge on any atom is -0.375 e. The maximum absolute atomic E-state index is 13.4. The summed E-state index contributed by atoms with van der Waals surface area (Å²) in [5.74, 6) is 0.134. The van der Waals surface area contributed by atoms with Gasteiger partial charge in [0.15, 0.2) is 5.69 Å². The summed E-state index contributed by atoms with van der Waals surface area (Å²) in [6.07, 6.45) is -2.49. The molecule has 0 bridgehead atoms. The molecule has 0 saturated carbocycles. The molecule has 4 rings (SSSR count). The molecule has 6 nitrogen and oxygen atoms in total. The predicted molar refractivity (Wildman–Crippen MR) is 100 cm³/mol. The summed E-state index contributed by atoms with van der Waals surface area (Å²) in [5.41, 5.74) is 2.42. The molecule has 10 heteroatoms. The van der Waals surface area contributed by atoms with Crippen molar-refractivity contribution < 1.29 is 26.3 Å². The summed E-state index contributed by atoms with van der Waals surface area (Å²) in [7, 11) is -3.58. The van der Waals surface area contributed by atoms with Crippen LogP contribution in [0, 0.1) is 5.92 Å². The van der Waals surface area contributed by atoms with Gasteiger partial charge in [-0.05, 0) is 61.8 Å². The first kappa shape index (κ1) is 20.4. The Hall–Kier alpha value is -1.91. The van der Waals surface area contributed by atoms with E-state index in [1.807, 2.05) is 12.1 Å². The molecule has 0 amide bonds. The van der Waals surface area contributed by atoms with Gasteiger partial charge in [0.25, 0.3) is 0 Å². The number of rotatable bonds is 4. The number of benzene rings is 1. The van der Waals surface area contributed by atoms with E-state index in [0.29, 0.717) is 24.2 Å². The fourth-order valence-electron chi connectivity index (χ4n) is 4.28. The zero-order valence-corrected chi connectivity index (χ0v) is 16.7. The number of nitrogens with zero attached hydrogens (tertiary/aromatic N) is 2. The summed E-state index contributed by atoms with van der Waals surface area (Å²) < 4.78 is 70.0. The van der Waals surface area contributed by atoms with E-state index < -0.39 is 27.1 Å². The van der Waals surface area contributed by atoms with E-state index in [4.69, 9.17) is 9.88 Å². The van der Waals surface area contributed by atoms with Crippen molar-refractivity contribution in [3.63, 3.8) is 0 Å². The van der Waals surface area contributed by atoms with Crippen LogP contribution in [0.1, 0.15) is 41.4 Å². The average molecular weight is 429 g/mol. The van der Waals surface area contributed by atoms with Crippen LogP contribution in [0.25, 0.3) is 5.69 Å². The van der Waals surface area contributed by atoms with Gasteiger partial charge < -0.3 is 4.74 Å². The van der Waals surface area contributed by atoms with Gasteiger partial charge >= 0.3 is 6.18 Å². The Morgan fingerprint density at radius 1 is 1.31 bits per heavy atom. The van der Waals surface area contributed by atoms with E-state index in [1.165, 1.54) is 4.68 Å². The summed E-state index contributed by atoms with van der Waals surface area (Å²) in [6, 6.07) is 5.49. The van der Waals surface area contributed by atoms with Crippen molar-refractivity contribution in [2.24, 2.45) is 11.1 Å². The summed E-state index contributed by atoms with van der Waals surface area (Å²) in [5, 5.41) is 8.46. The lowest BCUT2D eigenvalue weighted by Crippen LogP contribution is -2.28. The van der Waals surface area contributed by atoms with Crippen molar-refractivity contribution >= 4 is 10.0 Å². The van der Waals surface area contributed by atoms with E-state index in [9.17, 15) is 21.6 Å². The number of fused-ring (bicyclic) bond motifs is 2. The predicted octanol–water partition coefficient (Wildman–Crippen LogP) is 2.75. The second-order valence-electron chi connectivity index (χ2n) is 7.85. The molecule has 2 N–H and O–H groups in total. The lowest BCUT2D eigenvalue weighted by Gasteiger charge is -2.16. The highest BCUT2D eigenvalue weighted by molar-refractivity contribution is 7.89. The van der Waals surface area contributed by atoms with Crippen molar-refractivity contribution in [1.82, 2.24) is 9.78 Å². The Bertz CT molecular complexity index is 1050. The molecule has 0 fully saturated rings. The molecule has 1 aliphatic carbocycles. The van der Waals surface area contributed by atoms with Gasteiger partial charge in [-0.3, -0.25) is 0 Å². The molecular formula is C19H22F3N3O3S. The van der Waals surface area contributed by atoms with E-state index >= 15 is 0 Å². The van der Waals surface area contributed by atoms with Crippen LogP contribution in [0.15, 0.2) is 18.2 Å². The number of ether oxygens (including phenoxy) is 1. The van der Waals surface area contributed by atoms with Gasteiger partial charge in [-0.25, -0.2) is 18.2 Å². The monoisotopic (exact) mass is 429 g/mol. The largest absolute Gasteiger partial charge is 0.435 e. The molecule has 0 spiro atoms. The van der Waals surface area contributed by atoms with Crippen molar-refractivity contribution in [2.45, 2.75) is 50.6 Å². The molecule has 0 radical (unpaired) electrons. The highest BCUT2D eigenvalue weighted by Crippen LogP contribution is 2.37. The normalized spacial score (nSPS) is 20.4. The molecule has 2 atom stereocenters. The standard InChI is InChI=1S/C19H22F3N3O3S/c1-11(29(23,26)27)6-12-7-13-2-3-15(9-14(13)8-12)25-17-10-28-5-4-16(17)18(24-25)19(20,21)22/h2-3,9,11-12H,4-8,10H2,1H3,(H2,23,26,27)/t11?,12-/m0/s1. The molecule has 2 heterocycles. The van der Waals surface area contributed by atoms with Crippen LogP contribution in [-0.2, 0) is 46.8 Å². The number of alkyl halides is 3. The Morgan fingerprint density at radius 2 is 2.03 bits per heavy atom. The van der Waals surface area contributed by atoms with Gasteiger partial charge in [0.2, 0.25) is 10.0 Å². The third kappa shape index (κ3) is 3.93. The molecule has 29 heavy (non-hydrogen) atoms. The van der Waals surface area contributed by atoms with Gasteiger partial charge in [0, 0.05) is 5.56 Å². The molecule has 0 saturated heterocycles. The fraction of sp³-hybridized carbons (Fsp3) is 0.526. The first-order valence-electron chi connectivity index (χ1n) is 9.43. The smallest absolute Gasteiger partial charge is 0.375 e. The first-order chi connectivity index (χ1) is 13.5. The molecule has 158 valence electrons. The van der Waals surface area contributed by atoms with Crippen molar-refractivity contribution in [1.29, 1.82) is 0 Å². The molecule has 1 aromatic heterocycles. The number of sulfonamides is 1. The first-order valence-corrected chi connectivity index (χ1v) is 11.0. The van der Waals surface area contributed by atoms with Gasteiger partial charge in [-0.15, -0.1) is 0 Å². The van der Waals surface area contributed by atoms with E-state index in [2.05, 4.69) is 5.10 Å². The molecule has 2 aliphatic rings. The number of hydrogen-bond donors (Lipinski definition) is 1. The zero-order chi connectivity index (χ0) is 21.0. The van der Waals surface area contributed by atoms with Gasteiger partial charge in [0.05, 0.1) is 29.8 Å². The van der Waals surface area contributed by atoms with Crippen LogP contribution in [0.4, 0.5) is 13.2 Å². The van der Waals surface area contributed by atoms with E-state index in [-0.39, 0.29) is 31.1 Å².